The maximum atomic E-state index is 13.1. The van der Waals surface area contributed by atoms with E-state index in [1.807, 2.05) is 0 Å². The normalized spacial score (nSPS) is 42.4. The van der Waals surface area contributed by atoms with Gasteiger partial charge in [-0.25, -0.2) is 0 Å². The van der Waals surface area contributed by atoms with E-state index in [1.54, 1.807) is 10.6 Å². The van der Waals surface area contributed by atoms with E-state index in [9.17, 15) is 9.90 Å². The van der Waals surface area contributed by atoms with E-state index in [2.05, 4.69) is 54.8 Å². The van der Waals surface area contributed by atoms with Gasteiger partial charge in [-0.1, -0.05) is 45.4 Å². The van der Waals surface area contributed by atoms with Crippen LogP contribution >= 0.6 is 0 Å². The van der Waals surface area contributed by atoms with Gasteiger partial charge in [0.1, 0.15) is 0 Å². The van der Waals surface area contributed by atoms with Gasteiger partial charge in [-0.2, -0.15) is 6.42 Å². The first-order valence-electron chi connectivity index (χ1n) is 14.9. The van der Waals surface area contributed by atoms with Crippen LogP contribution in [0.5, 0.6) is 0 Å². The first kappa shape index (κ1) is 32.0. The summed E-state index contributed by atoms with van der Waals surface area (Å²) in [5.74, 6) is 3.95. The molecule has 0 aromatic carbocycles. The van der Waals surface area contributed by atoms with Crippen LogP contribution in [0.1, 0.15) is 98.3 Å². The standard InChI is InChI=1S/C31H49NO3.BN.Co/c1-6-7-28-21(3)19-35-32(28)29(34)13-8-20(2)25-11-12-26-24-10-9-22-18-23(33)14-16-30(22,4)27(24)15-17-31(25,26)5;1-2;/h7,9,20-21,23-28,33H,3,6,8,10-19H2,1-2,4-5H3;;/q-2;-1;+3/t20-,21-,23+,24+,25-,26+,27+,28-,30+,31-;;/m1../s1. The minimum atomic E-state index is -0.125. The smallest absolute Gasteiger partial charge is 0.393 e. The van der Waals surface area contributed by atoms with E-state index in [0.717, 1.165) is 49.9 Å². The molecule has 1 radical (unpaired) electrons. The van der Waals surface area contributed by atoms with E-state index in [1.165, 1.54) is 32.1 Å². The van der Waals surface area contributed by atoms with Crippen molar-refractivity contribution in [2.75, 3.05) is 6.61 Å². The van der Waals surface area contributed by atoms with E-state index in [-0.39, 0.29) is 40.7 Å². The SMILES string of the molecule is [B]=[N-].[CH2-][C@@H]1CON(C(=O)CC[C@@H](C)[C@H]2CC[C@H]3[C@@H]4CC=C5C[C@@H](O)CC[C@]5(C)[C@H]4CC[C@]23C)[C@@H]1[CH-]CC.[Co+3]. The molecule has 213 valence electrons. The van der Waals surface area contributed by atoms with Crippen molar-refractivity contribution in [2.45, 2.75) is 110 Å². The summed E-state index contributed by atoms with van der Waals surface area (Å²) in [6.07, 6.45) is 16.7. The molecule has 7 heteroatoms. The van der Waals surface area contributed by atoms with Crippen LogP contribution in [0.4, 0.5) is 0 Å². The van der Waals surface area contributed by atoms with Crippen LogP contribution in [0.15, 0.2) is 11.6 Å². The van der Waals surface area contributed by atoms with Gasteiger partial charge in [-0.15, -0.1) is 5.92 Å². The number of hydrogen-bond acceptors (Lipinski definition) is 3. The molecule has 10 atom stereocenters. The zero-order chi connectivity index (χ0) is 27.0. The fourth-order valence-corrected chi connectivity index (χ4v) is 9.60. The van der Waals surface area contributed by atoms with Gasteiger partial charge < -0.3 is 18.5 Å². The minimum Gasteiger partial charge on any atom is -0.393 e. The molecule has 0 aromatic rings. The van der Waals surface area contributed by atoms with E-state index in [4.69, 9.17) is 10.1 Å². The van der Waals surface area contributed by atoms with Crippen LogP contribution in [0, 0.1) is 59.7 Å². The Kier molecular flexibility index (Phi) is 10.9. The molecule has 1 heterocycles. The van der Waals surface area contributed by atoms with Crippen molar-refractivity contribution in [3.05, 3.63) is 30.3 Å². The van der Waals surface area contributed by atoms with Crippen LogP contribution in [0.25, 0.3) is 5.31 Å². The Labute approximate surface area is 243 Å². The molecule has 0 bridgehead atoms. The molecule has 0 spiro atoms. The van der Waals surface area contributed by atoms with E-state index >= 15 is 0 Å². The van der Waals surface area contributed by atoms with Gasteiger partial charge >= 0.3 is 29.7 Å². The quantitative estimate of drug-likeness (QED) is 0.228. The molecule has 5 aliphatic rings. The Balaban J connectivity index is 0.00000130. The van der Waals surface area contributed by atoms with Crippen LogP contribution in [0.3, 0.4) is 0 Å². The molecule has 38 heavy (non-hydrogen) atoms. The number of carbonyl (C=O) groups excluding carboxylic acids is 1. The number of carbonyl (C=O) groups is 1. The van der Waals surface area contributed by atoms with Gasteiger partial charge in [0.2, 0.25) is 5.91 Å². The maximum Gasteiger partial charge on any atom is 3.00 e. The van der Waals surface area contributed by atoms with Gasteiger partial charge in [0.15, 0.2) is 0 Å². The summed E-state index contributed by atoms with van der Waals surface area (Å²) in [5, 5.41) is 18.4. The molecular weight excluding hydrogens is 518 g/mol. The molecule has 1 saturated heterocycles. The molecule has 0 unspecified atom stereocenters. The average Bonchev–Trinajstić information content (AvgIpc) is 3.44. The summed E-state index contributed by atoms with van der Waals surface area (Å²) in [4.78, 5) is 18.8. The third-order valence-corrected chi connectivity index (χ3v) is 11.6. The van der Waals surface area contributed by atoms with Gasteiger partial charge in [0.05, 0.1) is 6.10 Å². The fourth-order valence-electron chi connectivity index (χ4n) is 9.60. The van der Waals surface area contributed by atoms with Crippen molar-refractivity contribution < 1.29 is 31.5 Å². The second kappa shape index (κ2) is 13.0. The van der Waals surface area contributed by atoms with Crippen molar-refractivity contribution in [1.29, 1.82) is 0 Å². The molecule has 3 saturated carbocycles. The third kappa shape index (κ3) is 5.65. The molecule has 0 aromatic heterocycles. The first-order valence-corrected chi connectivity index (χ1v) is 14.9. The van der Waals surface area contributed by atoms with Gasteiger partial charge in [0, 0.05) is 13.0 Å². The second-order valence-corrected chi connectivity index (χ2v) is 13.3. The average molecular weight is 567 g/mol. The minimum absolute atomic E-state index is 0. The van der Waals surface area contributed by atoms with Crippen LogP contribution in [-0.2, 0) is 26.4 Å². The van der Waals surface area contributed by atoms with Crippen molar-refractivity contribution in [1.82, 2.24) is 5.06 Å². The number of nitrogens with zero attached hydrogens (tertiary/aromatic N) is 2. The molecule has 1 N–H and O–H groups in total. The predicted molar refractivity (Wildman–Crippen MR) is 149 cm³/mol. The number of allylic oxidation sites excluding steroid dienone is 1. The zero-order valence-corrected chi connectivity index (χ0v) is 25.1. The van der Waals surface area contributed by atoms with Gasteiger partial charge in [-0.05, 0) is 98.2 Å². The molecule has 1 amide bonds. The molecule has 4 fully saturated rings. The number of fused-ring (bicyclic) bond motifs is 5. The first-order chi connectivity index (χ1) is 17.7. The van der Waals surface area contributed by atoms with Crippen molar-refractivity contribution >= 4 is 13.5 Å². The molecule has 5 rings (SSSR count). The summed E-state index contributed by atoms with van der Waals surface area (Å²) in [6.45, 7) is 14.4. The molecule has 4 aliphatic carbocycles. The Morgan fingerprint density at radius 1 is 1.26 bits per heavy atom. The van der Waals surface area contributed by atoms with Gasteiger partial charge in [-0.3, -0.25) is 14.7 Å². The number of hydrogen-bond donors (Lipinski definition) is 1. The van der Waals surface area contributed by atoms with E-state index < -0.39 is 0 Å². The van der Waals surface area contributed by atoms with E-state index in [0.29, 0.717) is 35.7 Å². The summed E-state index contributed by atoms with van der Waals surface area (Å²) in [6, 6.07) is 0.0259. The summed E-state index contributed by atoms with van der Waals surface area (Å²) < 4.78 is 0. The Hall–Kier alpha value is -0.499. The van der Waals surface area contributed by atoms with Crippen LogP contribution < -0.4 is 0 Å². The van der Waals surface area contributed by atoms with Crippen LogP contribution in [-0.4, -0.2) is 42.5 Å². The fraction of sp³-hybridized carbons (Fsp3) is 0.839. The maximum absolute atomic E-state index is 13.1. The second-order valence-electron chi connectivity index (χ2n) is 13.3. The third-order valence-electron chi connectivity index (χ3n) is 11.6. The number of rotatable bonds is 6. The molecule has 5 nitrogen and oxygen atoms in total. The predicted octanol–water partition coefficient (Wildman–Crippen LogP) is 6.45. The Morgan fingerprint density at radius 2 is 2.00 bits per heavy atom. The Morgan fingerprint density at radius 3 is 2.71 bits per heavy atom. The number of aliphatic hydroxyl groups is 1. The van der Waals surface area contributed by atoms with Crippen molar-refractivity contribution in [3.63, 3.8) is 0 Å². The number of aliphatic hydroxyl groups excluding tert-OH is 1. The monoisotopic (exact) mass is 567 g/mol. The zero-order valence-electron chi connectivity index (χ0n) is 24.0. The summed E-state index contributed by atoms with van der Waals surface area (Å²) >= 11 is 0. The van der Waals surface area contributed by atoms with Crippen molar-refractivity contribution in [3.8, 4) is 0 Å². The number of amides is 1. The van der Waals surface area contributed by atoms with Crippen LogP contribution in [0.2, 0.25) is 0 Å². The Bertz CT molecular complexity index is 857. The van der Waals surface area contributed by atoms with Gasteiger partial charge in [0.25, 0.3) is 0 Å². The number of hydroxylamine groups is 2. The summed E-state index contributed by atoms with van der Waals surface area (Å²) in [5.41, 5.74) is 2.28. The largest absolute Gasteiger partial charge is 3.00 e. The topological polar surface area (TPSA) is 72.1 Å². The summed E-state index contributed by atoms with van der Waals surface area (Å²) in [7, 11) is 3.50. The molecule has 1 aliphatic heterocycles. The van der Waals surface area contributed by atoms with Crippen molar-refractivity contribution in [2.24, 2.45) is 46.3 Å². The molecular formula is C31H49BCoN2O3.